The molecule has 2 nitrogen and oxygen atoms in total. The van der Waals surface area contributed by atoms with Crippen molar-refractivity contribution in [1.82, 2.24) is 0 Å². The summed E-state index contributed by atoms with van der Waals surface area (Å²) in [4.78, 5) is 13.5. The standard InChI is InChI=1S/C15H19NO/c1-11-10-13(6-9-15(11)17)12-4-7-14(8-5-12)16(2)3/h4-5,7-8,13H,1,6,9-10H2,2-3H3. The zero-order chi connectivity index (χ0) is 12.4. The molecule has 1 atom stereocenters. The van der Waals surface area contributed by atoms with Gasteiger partial charge in [-0.3, -0.25) is 4.79 Å². The Morgan fingerprint density at radius 3 is 2.41 bits per heavy atom. The van der Waals surface area contributed by atoms with Crippen molar-refractivity contribution in [2.45, 2.75) is 25.2 Å². The highest BCUT2D eigenvalue weighted by atomic mass is 16.1. The lowest BCUT2D eigenvalue weighted by Crippen LogP contribution is -2.15. The third kappa shape index (κ3) is 2.57. The summed E-state index contributed by atoms with van der Waals surface area (Å²) in [7, 11) is 4.08. The van der Waals surface area contributed by atoms with Crippen molar-refractivity contribution in [2.24, 2.45) is 0 Å². The highest BCUT2D eigenvalue weighted by molar-refractivity contribution is 5.95. The number of hydrogen-bond acceptors (Lipinski definition) is 2. The molecule has 0 aromatic heterocycles. The van der Waals surface area contributed by atoms with Gasteiger partial charge in [-0.15, -0.1) is 0 Å². The maximum atomic E-state index is 11.4. The number of nitrogens with zero attached hydrogens (tertiary/aromatic N) is 1. The first-order valence-electron chi connectivity index (χ1n) is 6.06. The van der Waals surface area contributed by atoms with Gasteiger partial charge in [-0.1, -0.05) is 18.7 Å². The van der Waals surface area contributed by atoms with Gasteiger partial charge in [0.05, 0.1) is 0 Å². The Bertz CT molecular complexity index is 431. The van der Waals surface area contributed by atoms with Gasteiger partial charge in [0.15, 0.2) is 5.78 Å². The van der Waals surface area contributed by atoms with Crippen molar-refractivity contribution in [3.8, 4) is 0 Å². The molecule has 1 saturated carbocycles. The van der Waals surface area contributed by atoms with Crippen LogP contribution in [0.25, 0.3) is 0 Å². The molecule has 1 unspecified atom stereocenters. The van der Waals surface area contributed by atoms with Crippen LogP contribution in [-0.4, -0.2) is 19.9 Å². The van der Waals surface area contributed by atoms with E-state index in [0.717, 1.165) is 18.4 Å². The van der Waals surface area contributed by atoms with E-state index in [1.165, 1.54) is 11.3 Å². The Kier molecular flexibility index (Phi) is 3.32. The number of carbonyl (C=O) groups is 1. The lowest BCUT2D eigenvalue weighted by Gasteiger charge is -2.23. The number of hydrogen-bond donors (Lipinski definition) is 0. The Morgan fingerprint density at radius 2 is 1.88 bits per heavy atom. The van der Waals surface area contributed by atoms with Crippen LogP contribution in [0.15, 0.2) is 36.4 Å². The van der Waals surface area contributed by atoms with Gasteiger partial charge in [0.2, 0.25) is 0 Å². The molecular formula is C15H19NO. The lowest BCUT2D eigenvalue weighted by molar-refractivity contribution is -0.116. The third-order valence-electron chi connectivity index (χ3n) is 3.49. The van der Waals surface area contributed by atoms with Gasteiger partial charge in [-0.2, -0.15) is 0 Å². The second-order valence-corrected chi connectivity index (χ2v) is 4.95. The molecule has 0 spiro atoms. The Balaban J connectivity index is 2.12. The largest absolute Gasteiger partial charge is 0.378 e. The second-order valence-electron chi connectivity index (χ2n) is 4.95. The molecule has 0 heterocycles. The van der Waals surface area contributed by atoms with Crippen molar-refractivity contribution in [3.05, 3.63) is 42.0 Å². The number of allylic oxidation sites excluding steroid dienone is 1. The maximum absolute atomic E-state index is 11.4. The summed E-state index contributed by atoms with van der Waals surface area (Å²) >= 11 is 0. The number of carbonyl (C=O) groups excluding carboxylic acids is 1. The van der Waals surface area contributed by atoms with Crippen LogP contribution in [0, 0.1) is 0 Å². The Morgan fingerprint density at radius 1 is 1.24 bits per heavy atom. The molecular weight excluding hydrogens is 210 g/mol. The molecule has 2 heteroatoms. The van der Waals surface area contributed by atoms with Crippen molar-refractivity contribution in [1.29, 1.82) is 0 Å². The van der Waals surface area contributed by atoms with Crippen LogP contribution in [0.4, 0.5) is 5.69 Å². The Labute approximate surface area is 103 Å². The average molecular weight is 229 g/mol. The predicted molar refractivity (Wildman–Crippen MR) is 71.5 cm³/mol. The number of Topliss-reactive ketones (excluding diaryl/α,β-unsaturated/α-hetero) is 1. The molecule has 0 radical (unpaired) electrons. The average Bonchev–Trinajstić information content (AvgIpc) is 2.33. The van der Waals surface area contributed by atoms with Crippen LogP contribution in [0.3, 0.4) is 0 Å². The number of benzene rings is 1. The highest BCUT2D eigenvalue weighted by Gasteiger charge is 2.23. The summed E-state index contributed by atoms with van der Waals surface area (Å²) in [6.45, 7) is 3.86. The van der Waals surface area contributed by atoms with E-state index in [-0.39, 0.29) is 5.78 Å². The molecule has 0 amide bonds. The first-order valence-corrected chi connectivity index (χ1v) is 6.06. The van der Waals surface area contributed by atoms with Crippen LogP contribution in [-0.2, 0) is 4.79 Å². The SMILES string of the molecule is C=C1CC(c2ccc(N(C)C)cc2)CCC1=O. The highest BCUT2D eigenvalue weighted by Crippen LogP contribution is 2.33. The summed E-state index contributed by atoms with van der Waals surface area (Å²) in [5.41, 5.74) is 3.32. The minimum atomic E-state index is 0.242. The number of rotatable bonds is 2. The molecule has 0 N–H and O–H groups in total. The van der Waals surface area contributed by atoms with E-state index >= 15 is 0 Å². The van der Waals surface area contributed by atoms with E-state index in [1.807, 2.05) is 14.1 Å². The fraction of sp³-hybridized carbons (Fsp3) is 0.400. The molecule has 17 heavy (non-hydrogen) atoms. The molecule has 1 fully saturated rings. The molecule has 1 aromatic carbocycles. The van der Waals surface area contributed by atoms with Gasteiger partial charge in [0.1, 0.15) is 0 Å². The van der Waals surface area contributed by atoms with Crippen LogP contribution in [0.1, 0.15) is 30.7 Å². The van der Waals surface area contributed by atoms with Gasteiger partial charge >= 0.3 is 0 Å². The van der Waals surface area contributed by atoms with Gasteiger partial charge < -0.3 is 4.90 Å². The fourth-order valence-corrected chi connectivity index (χ4v) is 2.32. The van der Waals surface area contributed by atoms with Crippen LogP contribution in [0.5, 0.6) is 0 Å². The fourth-order valence-electron chi connectivity index (χ4n) is 2.32. The van der Waals surface area contributed by atoms with Crippen molar-refractivity contribution in [2.75, 3.05) is 19.0 Å². The summed E-state index contributed by atoms with van der Waals surface area (Å²) in [5, 5.41) is 0. The number of ketones is 1. The Hall–Kier alpha value is -1.57. The lowest BCUT2D eigenvalue weighted by atomic mass is 9.81. The second kappa shape index (κ2) is 4.74. The minimum absolute atomic E-state index is 0.242. The zero-order valence-electron chi connectivity index (χ0n) is 10.6. The number of anilines is 1. The maximum Gasteiger partial charge on any atom is 0.158 e. The zero-order valence-corrected chi connectivity index (χ0v) is 10.6. The third-order valence-corrected chi connectivity index (χ3v) is 3.49. The van der Waals surface area contributed by atoms with Crippen molar-refractivity contribution >= 4 is 11.5 Å². The van der Waals surface area contributed by atoms with Gasteiger partial charge in [0.25, 0.3) is 0 Å². The van der Waals surface area contributed by atoms with Crippen molar-refractivity contribution in [3.63, 3.8) is 0 Å². The molecule has 0 saturated heterocycles. The predicted octanol–water partition coefficient (Wildman–Crippen LogP) is 3.15. The summed E-state index contributed by atoms with van der Waals surface area (Å²) < 4.78 is 0. The summed E-state index contributed by atoms with van der Waals surface area (Å²) in [6.07, 6.45) is 2.43. The van der Waals surface area contributed by atoms with Gasteiger partial charge in [-0.05, 0) is 42.0 Å². The monoisotopic (exact) mass is 229 g/mol. The minimum Gasteiger partial charge on any atom is -0.378 e. The molecule has 0 aliphatic heterocycles. The van der Waals surface area contributed by atoms with Crippen LogP contribution in [0.2, 0.25) is 0 Å². The van der Waals surface area contributed by atoms with E-state index in [0.29, 0.717) is 12.3 Å². The van der Waals surface area contributed by atoms with E-state index in [9.17, 15) is 4.79 Å². The van der Waals surface area contributed by atoms with E-state index in [4.69, 9.17) is 0 Å². The molecule has 1 aromatic rings. The molecule has 2 rings (SSSR count). The molecule has 1 aliphatic carbocycles. The van der Waals surface area contributed by atoms with Crippen LogP contribution < -0.4 is 4.90 Å². The first-order chi connectivity index (χ1) is 8.08. The molecule has 0 bridgehead atoms. The summed E-state index contributed by atoms with van der Waals surface area (Å²) in [5.74, 6) is 0.711. The van der Waals surface area contributed by atoms with Crippen molar-refractivity contribution < 1.29 is 4.79 Å². The normalized spacial score (nSPS) is 20.5. The topological polar surface area (TPSA) is 20.3 Å². The van der Waals surface area contributed by atoms with E-state index in [1.54, 1.807) is 0 Å². The first kappa shape index (κ1) is 11.9. The molecule has 1 aliphatic rings. The van der Waals surface area contributed by atoms with E-state index < -0.39 is 0 Å². The smallest absolute Gasteiger partial charge is 0.158 e. The molecule has 90 valence electrons. The van der Waals surface area contributed by atoms with Gasteiger partial charge in [0, 0.05) is 26.2 Å². The quantitative estimate of drug-likeness (QED) is 0.726. The summed E-state index contributed by atoms with van der Waals surface area (Å²) in [6, 6.07) is 8.61. The van der Waals surface area contributed by atoms with E-state index in [2.05, 4.69) is 35.7 Å². The van der Waals surface area contributed by atoms with Gasteiger partial charge in [-0.25, -0.2) is 0 Å². The van der Waals surface area contributed by atoms with Crippen LogP contribution >= 0.6 is 0 Å².